The molecule has 2 fully saturated rings. The van der Waals surface area contributed by atoms with E-state index in [0.717, 1.165) is 12.8 Å². The van der Waals surface area contributed by atoms with Crippen LogP contribution in [0.15, 0.2) is 0 Å². The molecule has 0 radical (unpaired) electrons. The molecule has 0 aromatic carbocycles. The van der Waals surface area contributed by atoms with Gasteiger partial charge < -0.3 is 19.1 Å². The maximum absolute atomic E-state index is 12.2. The molecule has 0 bridgehead atoms. The zero-order valence-corrected chi connectivity index (χ0v) is 12.6. The molecule has 6 heteroatoms. The van der Waals surface area contributed by atoms with Gasteiger partial charge in [-0.05, 0) is 33.6 Å². The molecule has 2 atom stereocenters. The summed E-state index contributed by atoms with van der Waals surface area (Å²) in [5.74, 6) is -0.413. The van der Waals surface area contributed by atoms with E-state index < -0.39 is 23.3 Å². The molecule has 0 aromatic rings. The lowest BCUT2D eigenvalue weighted by molar-refractivity contribution is -0.179. The molecule has 2 rings (SSSR count). The maximum Gasteiger partial charge on any atom is 0.410 e. The Bertz CT molecular complexity index is 403. The lowest BCUT2D eigenvalue weighted by Crippen LogP contribution is -2.52. The van der Waals surface area contributed by atoms with E-state index in [4.69, 9.17) is 14.2 Å². The van der Waals surface area contributed by atoms with Crippen molar-refractivity contribution in [1.29, 1.82) is 0 Å². The fraction of sp³-hybridized carbons (Fsp3) is 0.857. The Morgan fingerprint density at radius 3 is 2.65 bits per heavy atom. The summed E-state index contributed by atoms with van der Waals surface area (Å²) in [6, 6.07) is 0. The van der Waals surface area contributed by atoms with Crippen molar-refractivity contribution in [2.75, 3.05) is 26.8 Å². The number of hydrogen-bond acceptors (Lipinski definition) is 5. The maximum atomic E-state index is 12.2. The van der Waals surface area contributed by atoms with Gasteiger partial charge in [0.1, 0.15) is 5.60 Å². The number of methoxy groups -OCH3 is 1. The van der Waals surface area contributed by atoms with E-state index in [9.17, 15) is 9.59 Å². The first-order valence-electron chi connectivity index (χ1n) is 6.99. The fourth-order valence-electron chi connectivity index (χ4n) is 2.89. The number of carbonyl (C=O) groups is 2. The Morgan fingerprint density at radius 2 is 2.05 bits per heavy atom. The van der Waals surface area contributed by atoms with Crippen LogP contribution < -0.4 is 0 Å². The smallest absolute Gasteiger partial charge is 0.410 e. The lowest BCUT2D eigenvalue weighted by atomic mass is 9.85. The molecule has 0 N–H and O–H groups in total. The Morgan fingerprint density at radius 1 is 1.35 bits per heavy atom. The van der Waals surface area contributed by atoms with Gasteiger partial charge in [-0.25, -0.2) is 9.59 Å². The highest BCUT2D eigenvalue weighted by atomic mass is 16.6. The molecular weight excluding hydrogens is 262 g/mol. The van der Waals surface area contributed by atoms with Crippen LogP contribution in [0.25, 0.3) is 0 Å². The van der Waals surface area contributed by atoms with Crippen molar-refractivity contribution < 1.29 is 23.8 Å². The van der Waals surface area contributed by atoms with E-state index in [2.05, 4.69) is 0 Å². The number of rotatable bonds is 1. The van der Waals surface area contributed by atoms with Gasteiger partial charge in [-0.2, -0.15) is 0 Å². The molecule has 0 aromatic heterocycles. The van der Waals surface area contributed by atoms with Crippen LogP contribution in [0.2, 0.25) is 0 Å². The summed E-state index contributed by atoms with van der Waals surface area (Å²) in [7, 11) is 1.35. The largest absolute Gasteiger partial charge is 0.467 e. The molecule has 0 saturated carbocycles. The van der Waals surface area contributed by atoms with E-state index in [1.165, 1.54) is 7.11 Å². The highest BCUT2D eigenvalue weighted by molar-refractivity contribution is 5.82. The SMILES string of the molecule is COC(=O)[C@@]12CN(C(=O)OC(C)(C)C)C[C@@H]1CCCO2. The minimum absolute atomic E-state index is 0.0174. The molecule has 2 aliphatic heterocycles. The van der Waals surface area contributed by atoms with Gasteiger partial charge in [0, 0.05) is 19.1 Å². The Hall–Kier alpha value is -1.30. The molecule has 0 spiro atoms. The van der Waals surface area contributed by atoms with Gasteiger partial charge in [0.05, 0.1) is 13.7 Å². The van der Waals surface area contributed by atoms with Crippen LogP contribution >= 0.6 is 0 Å². The van der Waals surface area contributed by atoms with Gasteiger partial charge in [0.15, 0.2) is 5.60 Å². The Balaban J connectivity index is 2.14. The third-order valence-corrected chi connectivity index (χ3v) is 3.77. The lowest BCUT2D eigenvalue weighted by Gasteiger charge is -2.35. The van der Waals surface area contributed by atoms with Crippen molar-refractivity contribution in [1.82, 2.24) is 4.90 Å². The second-order valence-electron chi connectivity index (χ2n) is 6.43. The van der Waals surface area contributed by atoms with Gasteiger partial charge in [-0.15, -0.1) is 0 Å². The number of hydrogen-bond donors (Lipinski definition) is 0. The molecule has 1 amide bonds. The molecule has 6 nitrogen and oxygen atoms in total. The molecule has 114 valence electrons. The van der Waals surface area contributed by atoms with Crippen LogP contribution in [0.5, 0.6) is 0 Å². The molecular formula is C14H23NO5. The van der Waals surface area contributed by atoms with E-state index in [0.29, 0.717) is 13.2 Å². The Labute approximate surface area is 119 Å². The number of likely N-dealkylation sites (tertiary alicyclic amines) is 1. The predicted molar refractivity (Wildman–Crippen MR) is 71.2 cm³/mol. The third-order valence-electron chi connectivity index (χ3n) is 3.77. The molecule has 0 unspecified atom stereocenters. The van der Waals surface area contributed by atoms with Crippen molar-refractivity contribution in [3.05, 3.63) is 0 Å². The molecule has 2 aliphatic rings. The summed E-state index contributed by atoms with van der Waals surface area (Å²) in [4.78, 5) is 25.8. The van der Waals surface area contributed by atoms with E-state index in [1.807, 2.05) is 20.8 Å². The van der Waals surface area contributed by atoms with Gasteiger partial charge in [0.2, 0.25) is 0 Å². The van der Waals surface area contributed by atoms with Crippen molar-refractivity contribution >= 4 is 12.1 Å². The Kier molecular flexibility index (Phi) is 3.95. The zero-order valence-electron chi connectivity index (χ0n) is 12.6. The van der Waals surface area contributed by atoms with E-state index in [1.54, 1.807) is 4.90 Å². The van der Waals surface area contributed by atoms with Crippen molar-refractivity contribution in [2.24, 2.45) is 5.92 Å². The van der Waals surface area contributed by atoms with Gasteiger partial charge in [0.25, 0.3) is 0 Å². The second kappa shape index (κ2) is 5.24. The minimum atomic E-state index is -1.01. The van der Waals surface area contributed by atoms with Crippen LogP contribution in [-0.2, 0) is 19.0 Å². The highest BCUT2D eigenvalue weighted by Gasteiger charge is 2.57. The number of carbonyl (C=O) groups excluding carboxylic acids is 2. The van der Waals surface area contributed by atoms with Gasteiger partial charge in [-0.3, -0.25) is 0 Å². The quantitative estimate of drug-likeness (QED) is 0.684. The normalized spacial score (nSPS) is 29.8. The predicted octanol–water partition coefficient (Wildman–Crippen LogP) is 1.58. The second-order valence-corrected chi connectivity index (χ2v) is 6.43. The average Bonchev–Trinajstić information content (AvgIpc) is 2.76. The summed E-state index contributed by atoms with van der Waals surface area (Å²) < 4.78 is 16.0. The molecule has 2 heterocycles. The monoisotopic (exact) mass is 285 g/mol. The topological polar surface area (TPSA) is 65.1 Å². The summed E-state index contributed by atoms with van der Waals surface area (Å²) in [6.07, 6.45) is 1.35. The van der Waals surface area contributed by atoms with Crippen molar-refractivity contribution in [3.63, 3.8) is 0 Å². The molecule has 0 aliphatic carbocycles. The first-order valence-corrected chi connectivity index (χ1v) is 6.99. The molecule has 20 heavy (non-hydrogen) atoms. The van der Waals surface area contributed by atoms with Crippen LogP contribution in [-0.4, -0.2) is 55.0 Å². The summed E-state index contributed by atoms with van der Waals surface area (Å²) >= 11 is 0. The van der Waals surface area contributed by atoms with Crippen molar-refractivity contribution in [3.8, 4) is 0 Å². The van der Waals surface area contributed by atoms with Crippen LogP contribution in [0.3, 0.4) is 0 Å². The highest BCUT2D eigenvalue weighted by Crippen LogP contribution is 2.39. The number of ether oxygens (including phenoxy) is 3. The molecule has 2 saturated heterocycles. The summed E-state index contributed by atoms with van der Waals surface area (Å²) in [6.45, 7) is 6.67. The summed E-state index contributed by atoms with van der Waals surface area (Å²) in [5.41, 5.74) is -1.56. The number of amides is 1. The van der Waals surface area contributed by atoms with Crippen molar-refractivity contribution in [2.45, 2.75) is 44.8 Å². The first-order chi connectivity index (χ1) is 9.28. The van der Waals surface area contributed by atoms with E-state index >= 15 is 0 Å². The van der Waals surface area contributed by atoms with Crippen LogP contribution in [0, 0.1) is 5.92 Å². The minimum Gasteiger partial charge on any atom is -0.467 e. The van der Waals surface area contributed by atoms with Crippen LogP contribution in [0.4, 0.5) is 4.79 Å². The third kappa shape index (κ3) is 2.75. The first kappa shape index (κ1) is 15.1. The van der Waals surface area contributed by atoms with Crippen LogP contribution in [0.1, 0.15) is 33.6 Å². The number of fused-ring (bicyclic) bond motifs is 1. The fourth-order valence-corrected chi connectivity index (χ4v) is 2.89. The van der Waals surface area contributed by atoms with E-state index in [-0.39, 0.29) is 12.5 Å². The van der Waals surface area contributed by atoms with Gasteiger partial charge in [-0.1, -0.05) is 0 Å². The zero-order chi connectivity index (χ0) is 15.0. The number of nitrogens with zero attached hydrogens (tertiary/aromatic N) is 1. The van der Waals surface area contributed by atoms with Gasteiger partial charge >= 0.3 is 12.1 Å². The standard InChI is InChI=1S/C14H23NO5/c1-13(2,3)20-12(17)15-8-10-6-5-7-19-14(10,9-15)11(16)18-4/h10H,5-9H2,1-4H3/t10-,14+/m0/s1. The number of esters is 1. The summed E-state index contributed by atoms with van der Waals surface area (Å²) in [5, 5.41) is 0. The average molecular weight is 285 g/mol.